The van der Waals surface area contributed by atoms with Crippen LogP contribution in [0.3, 0.4) is 0 Å². The molecule has 2 heterocycles. The van der Waals surface area contributed by atoms with E-state index < -0.39 is 12.1 Å². The van der Waals surface area contributed by atoms with Gasteiger partial charge in [-0.25, -0.2) is 9.18 Å². The smallest absolute Gasteiger partial charge is 0.358 e. The van der Waals surface area contributed by atoms with Crippen molar-refractivity contribution in [2.24, 2.45) is 0 Å². The molecule has 1 aromatic heterocycles. The molecule has 1 aromatic rings. The van der Waals surface area contributed by atoms with Crippen molar-refractivity contribution in [1.29, 1.82) is 0 Å². The number of carbonyl (C=O) groups is 1. The second-order valence-electron chi connectivity index (χ2n) is 3.22. The molecule has 0 saturated heterocycles. The van der Waals surface area contributed by atoms with E-state index in [9.17, 15) is 9.18 Å². The predicted octanol–water partition coefficient (Wildman–Crippen LogP) is 0.954. The molecular formula is C9H11FN2O2. The lowest BCUT2D eigenvalue weighted by Crippen LogP contribution is -2.09. The van der Waals surface area contributed by atoms with Crippen LogP contribution in [0.2, 0.25) is 0 Å². The molecule has 4 nitrogen and oxygen atoms in total. The Balaban J connectivity index is 2.16. The molecule has 0 N–H and O–H groups in total. The maximum absolute atomic E-state index is 12.9. The van der Waals surface area contributed by atoms with Crippen LogP contribution in [0, 0.1) is 0 Å². The number of carbonyl (C=O) groups excluding carboxylic acids is 1. The summed E-state index contributed by atoms with van der Waals surface area (Å²) in [5, 5.41) is 3.96. The van der Waals surface area contributed by atoms with Crippen molar-refractivity contribution in [2.75, 3.05) is 6.61 Å². The van der Waals surface area contributed by atoms with Gasteiger partial charge in [0.1, 0.15) is 6.17 Å². The number of hydrogen-bond donors (Lipinski definition) is 0. The van der Waals surface area contributed by atoms with E-state index in [0.717, 1.165) is 5.69 Å². The largest absolute Gasteiger partial charge is 0.461 e. The first-order valence-electron chi connectivity index (χ1n) is 4.58. The Labute approximate surface area is 80.7 Å². The van der Waals surface area contributed by atoms with E-state index in [0.29, 0.717) is 13.0 Å². The van der Waals surface area contributed by atoms with Gasteiger partial charge in [0.05, 0.1) is 13.2 Å². The van der Waals surface area contributed by atoms with Gasteiger partial charge < -0.3 is 4.74 Å². The Morgan fingerprint density at radius 3 is 3.29 bits per heavy atom. The van der Waals surface area contributed by atoms with Crippen LogP contribution in [0.25, 0.3) is 0 Å². The van der Waals surface area contributed by atoms with Crippen LogP contribution >= 0.6 is 0 Å². The maximum Gasteiger partial charge on any atom is 0.358 e. The fraction of sp³-hybridized carbons (Fsp3) is 0.556. The Kier molecular flexibility index (Phi) is 2.23. The van der Waals surface area contributed by atoms with Crippen LogP contribution in [-0.4, -0.2) is 28.5 Å². The summed E-state index contributed by atoms with van der Waals surface area (Å²) < 4.78 is 19.2. The van der Waals surface area contributed by atoms with Crippen LogP contribution in [0.4, 0.5) is 4.39 Å². The second-order valence-corrected chi connectivity index (χ2v) is 3.22. The lowest BCUT2D eigenvalue weighted by Gasteiger charge is -1.98. The first-order chi connectivity index (χ1) is 6.70. The van der Waals surface area contributed by atoms with Crippen LogP contribution in [0.5, 0.6) is 0 Å². The molecule has 1 aliphatic rings. The molecule has 0 bridgehead atoms. The molecule has 14 heavy (non-hydrogen) atoms. The van der Waals surface area contributed by atoms with Gasteiger partial charge in [0.15, 0.2) is 5.69 Å². The Bertz CT molecular complexity index is 338. The molecule has 0 radical (unpaired) electrons. The number of rotatable bonds is 2. The highest BCUT2D eigenvalue weighted by atomic mass is 19.1. The summed E-state index contributed by atoms with van der Waals surface area (Å²) in [6, 6.07) is 1.59. The zero-order valence-corrected chi connectivity index (χ0v) is 7.86. The molecule has 1 unspecified atom stereocenters. The summed E-state index contributed by atoms with van der Waals surface area (Å²) >= 11 is 0. The lowest BCUT2D eigenvalue weighted by atomic mass is 10.2. The van der Waals surface area contributed by atoms with Crippen LogP contribution in [-0.2, 0) is 17.7 Å². The minimum absolute atomic E-state index is 0.245. The Morgan fingerprint density at radius 2 is 2.64 bits per heavy atom. The van der Waals surface area contributed by atoms with Gasteiger partial charge in [0, 0.05) is 12.1 Å². The Morgan fingerprint density at radius 1 is 1.86 bits per heavy atom. The monoisotopic (exact) mass is 198 g/mol. The Hall–Kier alpha value is -1.39. The maximum atomic E-state index is 12.9. The van der Waals surface area contributed by atoms with Gasteiger partial charge >= 0.3 is 5.97 Å². The molecule has 1 atom stereocenters. The number of alkyl halides is 1. The van der Waals surface area contributed by atoms with Gasteiger partial charge in [-0.3, -0.25) is 4.68 Å². The molecule has 76 valence electrons. The molecule has 1 aliphatic heterocycles. The average Bonchev–Trinajstić information content (AvgIpc) is 2.61. The summed E-state index contributed by atoms with van der Waals surface area (Å²) in [6.45, 7) is 2.31. The quantitative estimate of drug-likeness (QED) is 0.664. The van der Waals surface area contributed by atoms with E-state index in [1.807, 2.05) is 0 Å². The molecule has 0 aliphatic carbocycles. The summed E-state index contributed by atoms with van der Waals surface area (Å²) in [4.78, 5) is 11.2. The van der Waals surface area contributed by atoms with Crippen molar-refractivity contribution in [2.45, 2.75) is 26.1 Å². The predicted molar refractivity (Wildman–Crippen MR) is 46.8 cm³/mol. The van der Waals surface area contributed by atoms with Gasteiger partial charge in [-0.15, -0.1) is 0 Å². The van der Waals surface area contributed by atoms with Crippen molar-refractivity contribution < 1.29 is 13.9 Å². The fourth-order valence-corrected chi connectivity index (χ4v) is 1.56. The molecule has 5 heteroatoms. The minimum atomic E-state index is -0.867. The number of ether oxygens (including phenoxy) is 1. The van der Waals surface area contributed by atoms with Gasteiger partial charge in [-0.1, -0.05) is 0 Å². The number of esters is 1. The standard InChI is InChI=1S/C9H11FN2O2/c1-2-14-9(13)8-4-7-3-6(10)5-12(7)11-8/h4,6H,2-3,5H2,1H3. The third kappa shape index (κ3) is 1.49. The molecule has 0 fully saturated rings. The summed E-state index contributed by atoms with van der Waals surface area (Å²) in [5.74, 6) is -0.440. The first kappa shape index (κ1) is 9.18. The molecule has 0 amide bonds. The highest BCUT2D eigenvalue weighted by Crippen LogP contribution is 2.18. The van der Waals surface area contributed by atoms with Gasteiger partial charge in [0.25, 0.3) is 0 Å². The van der Waals surface area contributed by atoms with Crippen molar-refractivity contribution >= 4 is 5.97 Å². The molecule has 0 spiro atoms. The van der Waals surface area contributed by atoms with Crippen molar-refractivity contribution in [3.8, 4) is 0 Å². The average molecular weight is 198 g/mol. The van der Waals surface area contributed by atoms with Crippen molar-refractivity contribution in [1.82, 2.24) is 9.78 Å². The van der Waals surface area contributed by atoms with Crippen LogP contribution in [0.15, 0.2) is 6.07 Å². The van der Waals surface area contributed by atoms with E-state index in [1.54, 1.807) is 13.0 Å². The SMILES string of the molecule is CCOC(=O)c1cc2n(n1)CC(F)C2. The van der Waals surface area contributed by atoms with Gasteiger partial charge in [-0.2, -0.15) is 5.10 Å². The fourth-order valence-electron chi connectivity index (χ4n) is 1.56. The summed E-state index contributed by atoms with van der Waals surface area (Å²) in [6.07, 6.45) is -0.527. The number of fused-ring (bicyclic) bond motifs is 1. The van der Waals surface area contributed by atoms with E-state index >= 15 is 0 Å². The highest BCUT2D eigenvalue weighted by molar-refractivity contribution is 5.87. The zero-order valence-electron chi connectivity index (χ0n) is 7.86. The topological polar surface area (TPSA) is 44.1 Å². The number of hydrogen-bond acceptors (Lipinski definition) is 3. The lowest BCUT2D eigenvalue weighted by molar-refractivity contribution is 0.0518. The van der Waals surface area contributed by atoms with Crippen LogP contribution in [0.1, 0.15) is 23.1 Å². The van der Waals surface area contributed by atoms with Crippen molar-refractivity contribution in [3.63, 3.8) is 0 Å². The third-order valence-electron chi connectivity index (χ3n) is 2.15. The minimum Gasteiger partial charge on any atom is -0.461 e. The molecule has 0 aromatic carbocycles. The van der Waals surface area contributed by atoms with E-state index in [-0.39, 0.29) is 12.2 Å². The van der Waals surface area contributed by atoms with E-state index in [4.69, 9.17) is 4.74 Å². The van der Waals surface area contributed by atoms with Gasteiger partial charge in [-0.05, 0) is 13.0 Å². The number of aromatic nitrogens is 2. The molecular weight excluding hydrogens is 187 g/mol. The zero-order chi connectivity index (χ0) is 10.1. The molecule has 0 saturated carbocycles. The highest BCUT2D eigenvalue weighted by Gasteiger charge is 2.24. The van der Waals surface area contributed by atoms with Crippen LogP contribution < -0.4 is 0 Å². The summed E-state index contributed by atoms with van der Waals surface area (Å²) in [7, 11) is 0. The summed E-state index contributed by atoms with van der Waals surface area (Å²) in [5.41, 5.74) is 1.04. The van der Waals surface area contributed by atoms with Crippen molar-refractivity contribution in [3.05, 3.63) is 17.5 Å². The van der Waals surface area contributed by atoms with E-state index in [2.05, 4.69) is 5.10 Å². The number of nitrogens with zero attached hydrogens (tertiary/aromatic N) is 2. The first-order valence-corrected chi connectivity index (χ1v) is 4.58. The van der Waals surface area contributed by atoms with Gasteiger partial charge in [0.2, 0.25) is 0 Å². The van der Waals surface area contributed by atoms with E-state index in [1.165, 1.54) is 4.68 Å². The third-order valence-corrected chi connectivity index (χ3v) is 2.15. The normalized spacial score (nSPS) is 19.4. The number of halogens is 1. The second kappa shape index (κ2) is 3.40. The molecule has 2 rings (SSSR count).